The lowest BCUT2D eigenvalue weighted by Gasteiger charge is -1.93. The first-order valence-corrected chi connectivity index (χ1v) is 4.84. The summed E-state index contributed by atoms with van der Waals surface area (Å²) in [6.45, 7) is 4.06. The Labute approximate surface area is 81.8 Å². The van der Waals surface area contributed by atoms with E-state index in [0.29, 0.717) is 0 Å². The first-order valence-electron chi connectivity index (χ1n) is 3.96. The fourth-order valence-corrected chi connectivity index (χ4v) is 1.89. The van der Waals surface area contributed by atoms with Crippen molar-refractivity contribution in [3.63, 3.8) is 0 Å². The van der Waals surface area contributed by atoms with Crippen LogP contribution in [0.5, 0.6) is 0 Å². The van der Waals surface area contributed by atoms with Gasteiger partial charge in [0, 0.05) is 11.0 Å². The predicted molar refractivity (Wildman–Crippen MR) is 54.8 cm³/mol. The van der Waals surface area contributed by atoms with Gasteiger partial charge in [-0.3, -0.25) is 0 Å². The number of methoxy groups -OCH3 is 1. The first kappa shape index (κ1) is 9.99. The molecule has 2 nitrogen and oxygen atoms in total. The lowest BCUT2D eigenvalue weighted by molar-refractivity contribution is -0.134. The van der Waals surface area contributed by atoms with Gasteiger partial charge in [-0.2, -0.15) is 0 Å². The Morgan fingerprint density at radius 1 is 1.54 bits per heavy atom. The Kier molecular flexibility index (Phi) is 3.25. The minimum Gasteiger partial charge on any atom is -0.466 e. The summed E-state index contributed by atoms with van der Waals surface area (Å²) in [7, 11) is 1.38. The molecule has 0 fully saturated rings. The van der Waals surface area contributed by atoms with Crippen molar-refractivity contribution in [3.8, 4) is 0 Å². The summed E-state index contributed by atoms with van der Waals surface area (Å²) >= 11 is 1.69. The molecule has 1 aromatic heterocycles. The van der Waals surface area contributed by atoms with Crippen LogP contribution in [0.25, 0.3) is 6.08 Å². The number of hydrogen-bond acceptors (Lipinski definition) is 3. The van der Waals surface area contributed by atoms with E-state index in [1.165, 1.54) is 23.6 Å². The molecule has 0 aliphatic rings. The third kappa shape index (κ3) is 2.42. The largest absolute Gasteiger partial charge is 0.466 e. The van der Waals surface area contributed by atoms with Gasteiger partial charge in [0.2, 0.25) is 0 Å². The molecular formula is C10H12O2S. The van der Waals surface area contributed by atoms with E-state index >= 15 is 0 Å². The highest BCUT2D eigenvalue weighted by molar-refractivity contribution is 7.10. The molecule has 0 saturated carbocycles. The van der Waals surface area contributed by atoms with Gasteiger partial charge in [-0.05, 0) is 36.4 Å². The predicted octanol–water partition coefficient (Wildman–Crippen LogP) is 2.55. The van der Waals surface area contributed by atoms with E-state index in [-0.39, 0.29) is 5.97 Å². The van der Waals surface area contributed by atoms with Crippen LogP contribution in [0.15, 0.2) is 11.5 Å². The molecule has 1 aromatic rings. The van der Waals surface area contributed by atoms with Crippen LogP contribution < -0.4 is 0 Å². The molecule has 0 radical (unpaired) electrons. The number of esters is 1. The first-order chi connectivity index (χ1) is 6.15. The Morgan fingerprint density at radius 3 is 2.69 bits per heavy atom. The van der Waals surface area contributed by atoms with Gasteiger partial charge in [0.15, 0.2) is 0 Å². The monoisotopic (exact) mass is 196 g/mol. The molecule has 0 unspecified atom stereocenters. The summed E-state index contributed by atoms with van der Waals surface area (Å²) in [5, 5.41) is 2.08. The zero-order valence-electron chi connectivity index (χ0n) is 7.96. The van der Waals surface area contributed by atoms with Gasteiger partial charge in [0.05, 0.1) is 7.11 Å². The van der Waals surface area contributed by atoms with E-state index in [1.54, 1.807) is 17.4 Å². The summed E-state index contributed by atoms with van der Waals surface area (Å²) in [6, 6.07) is 0. The van der Waals surface area contributed by atoms with E-state index < -0.39 is 0 Å². The molecule has 3 heteroatoms. The van der Waals surface area contributed by atoms with Crippen LogP contribution >= 0.6 is 11.3 Å². The summed E-state index contributed by atoms with van der Waals surface area (Å²) in [6.07, 6.45) is 3.25. The van der Waals surface area contributed by atoms with Crippen molar-refractivity contribution in [2.45, 2.75) is 13.8 Å². The number of ether oxygens (including phenoxy) is 1. The Hall–Kier alpha value is -1.09. The van der Waals surface area contributed by atoms with Gasteiger partial charge in [0.25, 0.3) is 0 Å². The molecule has 0 aliphatic carbocycles. The van der Waals surface area contributed by atoms with Gasteiger partial charge in [-0.15, -0.1) is 11.3 Å². The molecule has 0 amide bonds. The maximum absolute atomic E-state index is 10.8. The fourth-order valence-electron chi connectivity index (χ4n) is 1.05. The third-order valence-corrected chi connectivity index (χ3v) is 2.85. The molecule has 70 valence electrons. The standard InChI is InChI=1S/C10H12O2S/c1-7-6-13-8(2)9(7)4-5-10(11)12-3/h4-6H,1-3H3/b5-4+. The second-order valence-electron chi connectivity index (χ2n) is 2.75. The summed E-state index contributed by atoms with van der Waals surface area (Å²) in [5.41, 5.74) is 2.32. The Morgan fingerprint density at radius 2 is 2.23 bits per heavy atom. The van der Waals surface area contributed by atoms with Crippen LogP contribution in [0.3, 0.4) is 0 Å². The van der Waals surface area contributed by atoms with Crippen LogP contribution in [-0.2, 0) is 9.53 Å². The van der Waals surface area contributed by atoms with Crippen molar-refractivity contribution in [1.29, 1.82) is 0 Å². The zero-order valence-corrected chi connectivity index (χ0v) is 8.77. The zero-order chi connectivity index (χ0) is 9.84. The lowest BCUT2D eigenvalue weighted by atomic mass is 10.1. The van der Waals surface area contributed by atoms with Gasteiger partial charge in [-0.25, -0.2) is 4.79 Å². The van der Waals surface area contributed by atoms with E-state index in [4.69, 9.17) is 0 Å². The minimum absolute atomic E-state index is 0.315. The van der Waals surface area contributed by atoms with Crippen LogP contribution in [0.4, 0.5) is 0 Å². The molecule has 0 bridgehead atoms. The van der Waals surface area contributed by atoms with E-state index in [2.05, 4.69) is 10.1 Å². The number of thiophene rings is 1. The van der Waals surface area contributed by atoms with E-state index in [9.17, 15) is 4.79 Å². The molecule has 0 aromatic carbocycles. The topological polar surface area (TPSA) is 26.3 Å². The number of aryl methyl sites for hydroxylation is 2. The number of carbonyl (C=O) groups excluding carboxylic acids is 1. The highest BCUT2D eigenvalue weighted by Gasteiger charge is 2.01. The highest BCUT2D eigenvalue weighted by Crippen LogP contribution is 2.21. The van der Waals surface area contributed by atoms with Gasteiger partial charge >= 0.3 is 5.97 Å². The minimum atomic E-state index is -0.315. The quantitative estimate of drug-likeness (QED) is 0.536. The smallest absolute Gasteiger partial charge is 0.330 e. The normalized spacial score (nSPS) is 10.7. The molecule has 0 saturated heterocycles. The number of hydrogen-bond donors (Lipinski definition) is 0. The van der Waals surface area contributed by atoms with Crippen LogP contribution in [0.1, 0.15) is 16.0 Å². The maximum atomic E-state index is 10.8. The molecule has 1 heterocycles. The number of carbonyl (C=O) groups is 1. The van der Waals surface area contributed by atoms with E-state index in [1.807, 2.05) is 13.8 Å². The Balaban J connectivity index is 2.85. The van der Waals surface area contributed by atoms with Crippen LogP contribution in [0.2, 0.25) is 0 Å². The van der Waals surface area contributed by atoms with Gasteiger partial charge in [0.1, 0.15) is 0 Å². The average molecular weight is 196 g/mol. The lowest BCUT2D eigenvalue weighted by Crippen LogP contribution is -1.93. The molecule has 0 atom stereocenters. The van der Waals surface area contributed by atoms with Crippen LogP contribution in [0, 0.1) is 13.8 Å². The Bertz CT molecular complexity index is 317. The summed E-state index contributed by atoms with van der Waals surface area (Å²) in [5.74, 6) is -0.315. The second kappa shape index (κ2) is 4.23. The van der Waals surface area contributed by atoms with Gasteiger partial charge in [-0.1, -0.05) is 0 Å². The van der Waals surface area contributed by atoms with E-state index in [0.717, 1.165) is 5.56 Å². The molecular weight excluding hydrogens is 184 g/mol. The summed E-state index contributed by atoms with van der Waals surface area (Å²) in [4.78, 5) is 12.0. The molecule has 0 aliphatic heterocycles. The maximum Gasteiger partial charge on any atom is 0.330 e. The molecule has 13 heavy (non-hydrogen) atoms. The molecule has 0 N–H and O–H groups in total. The fraction of sp³-hybridized carbons (Fsp3) is 0.300. The van der Waals surface area contributed by atoms with Gasteiger partial charge < -0.3 is 4.74 Å². The summed E-state index contributed by atoms with van der Waals surface area (Å²) < 4.78 is 4.51. The van der Waals surface area contributed by atoms with Crippen LogP contribution in [-0.4, -0.2) is 13.1 Å². The highest BCUT2D eigenvalue weighted by atomic mass is 32.1. The van der Waals surface area contributed by atoms with Crippen molar-refractivity contribution in [3.05, 3.63) is 27.5 Å². The number of rotatable bonds is 2. The average Bonchev–Trinajstić information content (AvgIpc) is 2.43. The third-order valence-electron chi connectivity index (χ3n) is 1.80. The van der Waals surface area contributed by atoms with Crippen molar-refractivity contribution in [1.82, 2.24) is 0 Å². The van der Waals surface area contributed by atoms with Crippen molar-refractivity contribution in [2.75, 3.05) is 7.11 Å². The second-order valence-corrected chi connectivity index (χ2v) is 3.83. The van der Waals surface area contributed by atoms with Crippen molar-refractivity contribution < 1.29 is 9.53 Å². The molecule has 1 rings (SSSR count). The molecule has 0 spiro atoms. The SMILES string of the molecule is COC(=O)/C=C/c1c(C)csc1C. The van der Waals surface area contributed by atoms with Crippen molar-refractivity contribution >= 4 is 23.4 Å². The van der Waals surface area contributed by atoms with Crippen molar-refractivity contribution in [2.24, 2.45) is 0 Å².